The second-order valence-corrected chi connectivity index (χ2v) is 9.35. The first-order valence-electron chi connectivity index (χ1n) is 10.8. The number of piperidine rings is 1. The fourth-order valence-corrected chi connectivity index (χ4v) is 5.69. The quantitative estimate of drug-likeness (QED) is 0.711. The topological polar surface area (TPSA) is 82.9 Å². The summed E-state index contributed by atoms with van der Waals surface area (Å²) < 4.78 is 15.7. The van der Waals surface area contributed by atoms with E-state index in [1.807, 2.05) is 5.01 Å². The second kappa shape index (κ2) is 7.62. The highest BCUT2D eigenvalue weighted by atomic mass is 35.5. The zero-order valence-electron chi connectivity index (χ0n) is 17.6. The minimum atomic E-state index is -0.881. The van der Waals surface area contributed by atoms with Crippen molar-refractivity contribution in [1.82, 2.24) is 9.58 Å². The molecule has 32 heavy (non-hydrogen) atoms. The normalized spacial score (nSPS) is 23.8. The molecule has 3 atom stereocenters. The fraction of sp³-hybridized carbons (Fsp3) is 0.435. The Morgan fingerprint density at radius 2 is 2.06 bits per heavy atom. The molecule has 0 spiro atoms. The predicted molar refractivity (Wildman–Crippen MR) is 116 cm³/mol. The van der Waals surface area contributed by atoms with Gasteiger partial charge < -0.3 is 10.0 Å². The number of aromatic nitrogens is 1. The maximum absolute atomic E-state index is 14.2. The number of hydrogen-bond acceptors (Lipinski definition) is 5. The molecule has 1 aromatic carbocycles. The van der Waals surface area contributed by atoms with Crippen LogP contribution in [0, 0.1) is 17.7 Å². The standard InChI is InChI=1S/C23H23ClFN3O4/c1-26-22-14-6-5-12(9-14)10-28(22)27-11-15(20(30)21(31)19(27)23(26)32)17(29)8-7-13-3-2-4-16(24)18(13)25/h2-4,11-12,14,22,31H,5-10H2,1H3/t12-,14+,22+/m1/s1. The van der Waals surface area contributed by atoms with Gasteiger partial charge in [-0.15, -0.1) is 0 Å². The fourth-order valence-electron chi connectivity index (χ4n) is 5.50. The van der Waals surface area contributed by atoms with Crippen LogP contribution < -0.4 is 10.4 Å². The third kappa shape index (κ3) is 3.11. The third-order valence-electron chi connectivity index (χ3n) is 7.07. The monoisotopic (exact) mass is 459 g/mol. The van der Waals surface area contributed by atoms with E-state index in [4.69, 9.17) is 11.6 Å². The summed E-state index contributed by atoms with van der Waals surface area (Å²) in [6.07, 6.45) is 4.24. The molecule has 168 valence electrons. The van der Waals surface area contributed by atoms with Crippen molar-refractivity contribution in [3.8, 4) is 5.75 Å². The second-order valence-electron chi connectivity index (χ2n) is 8.94. The summed E-state index contributed by atoms with van der Waals surface area (Å²) >= 11 is 5.80. The van der Waals surface area contributed by atoms with Crippen molar-refractivity contribution < 1.29 is 19.1 Å². The van der Waals surface area contributed by atoms with Crippen molar-refractivity contribution in [2.45, 2.75) is 38.3 Å². The van der Waals surface area contributed by atoms with Crippen molar-refractivity contribution in [1.29, 1.82) is 0 Å². The maximum atomic E-state index is 14.2. The van der Waals surface area contributed by atoms with Crippen LogP contribution in [0.1, 0.15) is 52.1 Å². The third-order valence-corrected chi connectivity index (χ3v) is 7.36. The van der Waals surface area contributed by atoms with Crippen LogP contribution in [0.5, 0.6) is 5.75 Å². The zero-order chi connectivity index (χ0) is 22.7. The van der Waals surface area contributed by atoms with Crippen molar-refractivity contribution in [2.24, 2.45) is 11.8 Å². The number of carbonyl (C=O) groups is 2. The van der Waals surface area contributed by atoms with Gasteiger partial charge in [0.25, 0.3) is 5.91 Å². The minimum Gasteiger partial charge on any atom is -0.502 e. The molecule has 2 fully saturated rings. The summed E-state index contributed by atoms with van der Waals surface area (Å²) in [5.41, 5.74) is -0.930. The number of nitrogens with zero attached hydrogens (tertiary/aromatic N) is 3. The van der Waals surface area contributed by atoms with E-state index in [0.717, 1.165) is 19.3 Å². The van der Waals surface area contributed by atoms with E-state index < -0.39 is 28.7 Å². The van der Waals surface area contributed by atoms with Crippen LogP contribution in [0.3, 0.4) is 0 Å². The molecule has 1 saturated heterocycles. The molecule has 2 aliphatic heterocycles. The summed E-state index contributed by atoms with van der Waals surface area (Å²) in [5.74, 6) is -1.50. The summed E-state index contributed by atoms with van der Waals surface area (Å²) in [7, 11) is 1.69. The number of halogens is 2. The van der Waals surface area contributed by atoms with E-state index >= 15 is 0 Å². The van der Waals surface area contributed by atoms with Gasteiger partial charge in [-0.1, -0.05) is 23.7 Å². The first-order valence-corrected chi connectivity index (χ1v) is 11.1. The number of fused-ring (bicyclic) bond motifs is 6. The zero-order valence-corrected chi connectivity index (χ0v) is 18.3. The van der Waals surface area contributed by atoms with Crippen molar-refractivity contribution in [3.63, 3.8) is 0 Å². The highest BCUT2D eigenvalue weighted by Crippen LogP contribution is 2.43. The maximum Gasteiger partial charge on any atom is 0.277 e. The van der Waals surface area contributed by atoms with E-state index in [2.05, 4.69) is 0 Å². The van der Waals surface area contributed by atoms with E-state index in [1.54, 1.807) is 18.0 Å². The smallest absolute Gasteiger partial charge is 0.277 e. The highest BCUT2D eigenvalue weighted by molar-refractivity contribution is 6.30. The Hall–Kier alpha value is -2.87. The predicted octanol–water partition coefficient (Wildman–Crippen LogP) is 2.94. The first-order chi connectivity index (χ1) is 15.3. The summed E-state index contributed by atoms with van der Waals surface area (Å²) in [4.78, 5) is 40.3. The summed E-state index contributed by atoms with van der Waals surface area (Å²) in [6.45, 7) is 0.676. The van der Waals surface area contributed by atoms with E-state index in [0.29, 0.717) is 18.4 Å². The molecular weight excluding hydrogens is 437 g/mol. The molecule has 0 radical (unpaired) electrons. The molecule has 2 bridgehead atoms. The van der Waals surface area contributed by atoms with Gasteiger partial charge in [-0.25, -0.2) is 4.39 Å². The molecular formula is C23H23ClFN3O4. The average Bonchev–Trinajstić information content (AvgIpc) is 3.15. The van der Waals surface area contributed by atoms with Crippen molar-refractivity contribution in [2.75, 3.05) is 18.6 Å². The van der Waals surface area contributed by atoms with Crippen LogP contribution in [0.2, 0.25) is 5.02 Å². The lowest BCUT2D eigenvalue weighted by Crippen LogP contribution is -2.65. The number of hydrogen-bond donors (Lipinski definition) is 1. The molecule has 3 aliphatic rings. The molecule has 1 amide bonds. The number of Topliss-reactive ketones (excluding diaryl/α,β-unsaturated/α-hetero) is 1. The highest BCUT2D eigenvalue weighted by Gasteiger charge is 2.48. The van der Waals surface area contributed by atoms with Gasteiger partial charge in [0.15, 0.2) is 17.2 Å². The Labute approximate surface area is 189 Å². The van der Waals surface area contributed by atoms with Crippen LogP contribution >= 0.6 is 11.6 Å². The summed E-state index contributed by atoms with van der Waals surface area (Å²) in [5, 5.41) is 12.6. The molecule has 1 aliphatic carbocycles. The van der Waals surface area contributed by atoms with Gasteiger partial charge in [0.05, 0.1) is 10.6 Å². The van der Waals surface area contributed by atoms with Crippen molar-refractivity contribution in [3.05, 3.63) is 62.3 Å². The number of carbonyl (C=O) groups excluding carboxylic acids is 2. The van der Waals surface area contributed by atoms with Crippen LogP contribution in [-0.4, -0.2) is 46.1 Å². The molecule has 2 aromatic rings. The average molecular weight is 460 g/mol. The number of aryl methyl sites for hydroxylation is 1. The molecule has 3 heterocycles. The number of aromatic hydroxyl groups is 1. The van der Waals surface area contributed by atoms with E-state index in [9.17, 15) is 23.9 Å². The molecule has 1 saturated carbocycles. The lowest BCUT2D eigenvalue weighted by atomic mass is 9.94. The van der Waals surface area contributed by atoms with Gasteiger partial charge in [-0.05, 0) is 49.1 Å². The van der Waals surface area contributed by atoms with Crippen LogP contribution in [0.4, 0.5) is 4.39 Å². The number of benzene rings is 1. The molecule has 1 N–H and O–H groups in total. The van der Waals surface area contributed by atoms with Gasteiger partial charge in [0, 0.05) is 26.2 Å². The van der Waals surface area contributed by atoms with Gasteiger partial charge in [0.2, 0.25) is 5.43 Å². The SMILES string of the molecule is CN1C(=O)c2c(O)c(=O)c(C(=O)CCc3cccc(Cl)c3F)cn2N2C[C@@H]3CC[C@@H](C3)[C@@H]12. The van der Waals surface area contributed by atoms with Crippen LogP contribution in [0.25, 0.3) is 0 Å². The Morgan fingerprint density at radius 3 is 2.84 bits per heavy atom. The van der Waals surface area contributed by atoms with Gasteiger partial charge >= 0.3 is 0 Å². The van der Waals surface area contributed by atoms with Crippen LogP contribution in [-0.2, 0) is 6.42 Å². The number of ketones is 1. The van der Waals surface area contributed by atoms with Gasteiger partial charge in [0.1, 0.15) is 12.0 Å². The largest absolute Gasteiger partial charge is 0.502 e. The first kappa shape index (κ1) is 21.0. The Balaban J connectivity index is 1.51. The lowest BCUT2D eigenvalue weighted by molar-refractivity contribution is 0.0492. The Bertz CT molecular complexity index is 1200. The molecule has 5 rings (SSSR count). The number of rotatable bonds is 4. The molecule has 1 aromatic heterocycles. The van der Waals surface area contributed by atoms with Gasteiger partial charge in [-0.2, -0.15) is 0 Å². The van der Waals surface area contributed by atoms with E-state index in [1.165, 1.54) is 23.0 Å². The number of pyridine rings is 1. The number of amides is 1. The molecule has 9 heteroatoms. The van der Waals surface area contributed by atoms with Crippen LogP contribution in [0.15, 0.2) is 29.2 Å². The van der Waals surface area contributed by atoms with Gasteiger partial charge in [-0.3, -0.25) is 24.1 Å². The summed E-state index contributed by atoms with van der Waals surface area (Å²) in [6, 6.07) is 4.55. The van der Waals surface area contributed by atoms with Crippen molar-refractivity contribution >= 4 is 23.3 Å². The lowest BCUT2D eigenvalue weighted by Gasteiger charge is -2.50. The van der Waals surface area contributed by atoms with E-state index in [-0.39, 0.29) is 40.9 Å². The molecule has 0 unspecified atom stereocenters. The minimum absolute atomic E-state index is 0.0325. The Kier molecular flexibility index (Phi) is 5.00. The molecule has 7 nitrogen and oxygen atoms in total. The Morgan fingerprint density at radius 1 is 1.28 bits per heavy atom.